The average molecular weight is 295 g/mol. The zero-order valence-electron chi connectivity index (χ0n) is 9.17. The third-order valence-electron chi connectivity index (χ3n) is 2.27. The fourth-order valence-electron chi connectivity index (χ4n) is 1.33. The minimum atomic E-state index is -0.370. The van der Waals surface area contributed by atoms with Gasteiger partial charge in [-0.1, -0.05) is 15.9 Å². The number of hydrogen-bond donors (Lipinski definition) is 1. The molecule has 0 aliphatic rings. The molecule has 1 atom stereocenters. The molecule has 0 bridgehead atoms. The highest BCUT2D eigenvalue weighted by Crippen LogP contribution is 2.14. The topological polar surface area (TPSA) is 59.8 Å². The van der Waals surface area contributed by atoms with Crippen molar-refractivity contribution in [2.24, 2.45) is 0 Å². The van der Waals surface area contributed by atoms with Crippen LogP contribution in [-0.4, -0.2) is 20.7 Å². The molecular formula is C11H11BrN4O. The molecular weight excluding hydrogens is 284 g/mol. The number of nitrogens with zero attached hydrogens (tertiary/aromatic N) is 3. The Hall–Kier alpha value is -1.69. The lowest BCUT2D eigenvalue weighted by atomic mass is 10.3. The largest absolute Gasteiger partial charge is 0.309 e. The van der Waals surface area contributed by atoms with Gasteiger partial charge in [-0.25, -0.2) is 4.98 Å². The van der Waals surface area contributed by atoms with E-state index in [4.69, 9.17) is 0 Å². The van der Waals surface area contributed by atoms with Crippen molar-refractivity contribution in [1.29, 1.82) is 0 Å². The summed E-state index contributed by atoms with van der Waals surface area (Å²) >= 11 is 3.32. The summed E-state index contributed by atoms with van der Waals surface area (Å²) in [7, 11) is 0. The second kappa shape index (κ2) is 5.09. The first kappa shape index (κ1) is 11.8. The molecule has 0 aromatic carbocycles. The number of pyridine rings is 1. The van der Waals surface area contributed by atoms with Crippen molar-refractivity contribution in [2.75, 3.05) is 5.32 Å². The third-order valence-corrected chi connectivity index (χ3v) is 2.77. The second-order valence-corrected chi connectivity index (χ2v) is 4.43. The monoisotopic (exact) mass is 294 g/mol. The van der Waals surface area contributed by atoms with E-state index in [-0.39, 0.29) is 11.9 Å². The number of carbonyl (C=O) groups is 1. The Morgan fingerprint density at radius 1 is 1.53 bits per heavy atom. The van der Waals surface area contributed by atoms with E-state index in [0.717, 1.165) is 4.47 Å². The second-order valence-electron chi connectivity index (χ2n) is 3.51. The highest BCUT2D eigenvalue weighted by Gasteiger charge is 2.15. The lowest BCUT2D eigenvalue weighted by molar-refractivity contribution is -0.119. The van der Waals surface area contributed by atoms with Crippen LogP contribution in [0.4, 0.5) is 5.82 Å². The molecule has 1 amide bonds. The van der Waals surface area contributed by atoms with Crippen molar-refractivity contribution in [3.8, 4) is 0 Å². The summed E-state index contributed by atoms with van der Waals surface area (Å²) in [6.45, 7) is 1.78. The van der Waals surface area contributed by atoms with Crippen LogP contribution < -0.4 is 5.32 Å². The van der Waals surface area contributed by atoms with Crippen LogP contribution >= 0.6 is 15.9 Å². The molecule has 2 aromatic rings. The minimum Gasteiger partial charge on any atom is -0.309 e. The summed E-state index contributed by atoms with van der Waals surface area (Å²) < 4.78 is 2.46. The van der Waals surface area contributed by atoms with Crippen molar-refractivity contribution in [3.63, 3.8) is 0 Å². The summed E-state index contributed by atoms with van der Waals surface area (Å²) in [5.41, 5.74) is 0. The number of anilines is 1. The molecule has 2 heterocycles. The fraction of sp³-hybridized carbons (Fsp3) is 0.182. The van der Waals surface area contributed by atoms with Crippen LogP contribution in [-0.2, 0) is 4.79 Å². The summed E-state index contributed by atoms with van der Waals surface area (Å²) in [5, 5.41) is 6.75. The van der Waals surface area contributed by atoms with Gasteiger partial charge in [0.05, 0.1) is 0 Å². The summed E-state index contributed by atoms with van der Waals surface area (Å²) in [5.74, 6) is 0.364. The molecule has 2 aromatic heterocycles. The fourth-order valence-corrected chi connectivity index (χ4v) is 1.67. The van der Waals surface area contributed by atoms with E-state index in [2.05, 4.69) is 31.3 Å². The molecule has 0 saturated carbocycles. The standard InChI is InChI=1S/C11H11BrN4O/c1-8(16-6-2-4-14-16)11(17)15-10-7-9(12)3-5-13-10/h2-8H,1H3,(H,13,15,17). The Kier molecular flexibility index (Phi) is 3.53. The van der Waals surface area contributed by atoms with Gasteiger partial charge in [0.25, 0.3) is 0 Å². The predicted octanol–water partition coefficient (Wildman–Crippen LogP) is 2.24. The zero-order chi connectivity index (χ0) is 12.3. The summed E-state index contributed by atoms with van der Waals surface area (Å²) in [6.07, 6.45) is 5.01. The van der Waals surface area contributed by atoms with E-state index in [1.54, 1.807) is 48.4 Å². The van der Waals surface area contributed by atoms with E-state index < -0.39 is 0 Å². The summed E-state index contributed by atoms with van der Waals surface area (Å²) in [4.78, 5) is 15.9. The van der Waals surface area contributed by atoms with E-state index in [1.807, 2.05) is 0 Å². The molecule has 1 N–H and O–H groups in total. The lowest BCUT2D eigenvalue weighted by Gasteiger charge is -2.12. The smallest absolute Gasteiger partial charge is 0.250 e. The highest BCUT2D eigenvalue weighted by molar-refractivity contribution is 9.10. The minimum absolute atomic E-state index is 0.153. The van der Waals surface area contributed by atoms with Crippen molar-refractivity contribution in [2.45, 2.75) is 13.0 Å². The van der Waals surface area contributed by atoms with Crippen molar-refractivity contribution < 1.29 is 4.79 Å². The molecule has 0 aliphatic carbocycles. The maximum atomic E-state index is 11.9. The molecule has 0 saturated heterocycles. The van der Waals surface area contributed by atoms with Gasteiger partial charge in [0, 0.05) is 23.1 Å². The first-order valence-electron chi connectivity index (χ1n) is 5.08. The van der Waals surface area contributed by atoms with Gasteiger partial charge in [-0.05, 0) is 25.1 Å². The first-order chi connectivity index (χ1) is 8.16. The van der Waals surface area contributed by atoms with Gasteiger partial charge in [0.2, 0.25) is 5.91 Å². The van der Waals surface area contributed by atoms with Gasteiger partial charge < -0.3 is 5.32 Å². The van der Waals surface area contributed by atoms with E-state index in [0.29, 0.717) is 5.82 Å². The van der Waals surface area contributed by atoms with Crippen LogP contribution in [0.25, 0.3) is 0 Å². The molecule has 0 radical (unpaired) electrons. The van der Waals surface area contributed by atoms with Crippen molar-refractivity contribution >= 4 is 27.7 Å². The molecule has 17 heavy (non-hydrogen) atoms. The molecule has 0 fully saturated rings. The third kappa shape index (κ3) is 2.91. The van der Waals surface area contributed by atoms with Gasteiger partial charge in [-0.2, -0.15) is 5.10 Å². The summed E-state index contributed by atoms with van der Waals surface area (Å²) in [6, 6.07) is 4.95. The Morgan fingerprint density at radius 3 is 3.00 bits per heavy atom. The zero-order valence-corrected chi connectivity index (χ0v) is 10.8. The number of carbonyl (C=O) groups excluding carboxylic acids is 1. The van der Waals surface area contributed by atoms with E-state index in [1.165, 1.54) is 0 Å². The maximum Gasteiger partial charge on any atom is 0.250 e. The molecule has 6 heteroatoms. The van der Waals surface area contributed by atoms with Crippen LogP contribution in [0, 0.1) is 0 Å². The lowest BCUT2D eigenvalue weighted by Crippen LogP contribution is -2.24. The first-order valence-corrected chi connectivity index (χ1v) is 5.87. The molecule has 2 rings (SSSR count). The number of halogens is 1. The van der Waals surface area contributed by atoms with Crippen molar-refractivity contribution in [1.82, 2.24) is 14.8 Å². The number of aromatic nitrogens is 3. The molecule has 0 aliphatic heterocycles. The Morgan fingerprint density at radius 2 is 2.35 bits per heavy atom. The highest BCUT2D eigenvalue weighted by atomic mass is 79.9. The number of rotatable bonds is 3. The average Bonchev–Trinajstić information content (AvgIpc) is 2.81. The van der Waals surface area contributed by atoms with Crippen LogP contribution in [0.2, 0.25) is 0 Å². The molecule has 0 spiro atoms. The van der Waals surface area contributed by atoms with Crippen LogP contribution in [0.3, 0.4) is 0 Å². The Balaban J connectivity index is 2.07. The molecule has 1 unspecified atom stereocenters. The Labute approximate surface area is 107 Å². The van der Waals surface area contributed by atoms with E-state index in [9.17, 15) is 4.79 Å². The maximum absolute atomic E-state index is 11.9. The van der Waals surface area contributed by atoms with Gasteiger partial charge in [-0.15, -0.1) is 0 Å². The van der Waals surface area contributed by atoms with Gasteiger partial charge in [0.15, 0.2) is 0 Å². The van der Waals surface area contributed by atoms with Crippen LogP contribution in [0.15, 0.2) is 41.3 Å². The Bertz CT molecular complexity index is 512. The molecule has 88 valence electrons. The number of nitrogens with one attached hydrogen (secondary N) is 1. The predicted molar refractivity (Wildman–Crippen MR) is 67.5 cm³/mol. The van der Waals surface area contributed by atoms with E-state index >= 15 is 0 Å². The van der Waals surface area contributed by atoms with Crippen LogP contribution in [0.1, 0.15) is 13.0 Å². The SMILES string of the molecule is CC(C(=O)Nc1cc(Br)ccn1)n1cccn1. The normalized spacial score (nSPS) is 12.1. The molecule has 5 nitrogen and oxygen atoms in total. The van der Waals surface area contributed by atoms with Gasteiger partial charge >= 0.3 is 0 Å². The quantitative estimate of drug-likeness (QED) is 0.944. The van der Waals surface area contributed by atoms with Gasteiger partial charge in [0.1, 0.15) is 11.9 Å². The number of amides is 1. The number of hydrogen-bond acceptors (Lipinski definition) is 3. The van der Waals surface area contributed by atoms with Crippen molar-refractivity contribution in [3.05, 3.63) is 41.3 Å². The van der Waals surface area contributed by atoms with Gasteiger partial charge in [-0.3, -0.25) is 9.48 Å². The van der Waals surface area contributed by atoms with Crippen LogP contribution in [0.5, 0.6) is 0 Å².